The summed E-state index contributed by atoms with van der Waals surface area (Å²) in [6.45, 7) is 8.27. The normalized spacial score (nSPS) is 19.1. The minimum absolute atomic E-state index is 0.535. The van der Waals surface area contributed by atoms with Crippen LogP contribution in [0.4, 0.5) is 0 Å². The molecule has 1 aliphatic rings. The van der Waals surface area contributed by atoms with Gasteiger partial charge >= 0.3 is 0 Å². The molecule has 1 fully saturated rings. The van der Waals surface area contributed by atoms with E-state index in [9.17, 15) is 0 Å². The Morgan fingerprint density at radius 3 is 2.55 bits per heavy atom. The molecule has 20 heavy (non-hydrogen) atoms. The zero-order valence-electron chi connectivity index (χ0n) is 12.4. The Morgan fingerprint density at radius 1 is 1.20 bits per heavy atom. The van der Waals surface area contributed by atoms with Crippen LogP contribution in [0, 0.1) is 5.92 Å². The first-order valence-electron chi connectivity index (χ1n) is 7.54. The van der Waals surface area contributed by atoms with Crippen LogP contribution in [0.15, 0.2) is 66.8 Å². The molecule has 1 aromatic rings. The van der Waals surface area contributed by atoms with Crippen molar-refractivity contribution >= 4 is 0 Å². The van der Waals surface area contributed by atoms with E-state index in [1.165, 1.54) is 24.0 Å². The second-order valence-corrected chi connectivity index (χ2v) is 5.51. The highest BCUT2D eigenvalue weighted by atomic mass is 14.9. The number of hydrogen-bond donors (Lipinski definition) is 1. The highest BCUT2D eigenvalue weighted by Crippen LogP contribution is 2.36. The number of rotatable bonds is 5. The molecule has 0 amide bonds. The standard InChI is InChI=1S/C19H25N/c1-3-4-6-9-16(2)19(17-10-7-5-8-11-17)18-12-14-20-15-13-18/h3-11,18-20H,1,12-15H2,2H3. The van der Waals surface area contributed by atoms with Crippen molar-refractivity contribution < 1.29 is 0 Å². The number of hydrogen-bond acceptors (Lipinski definition) is 1. The monoisotopic (exact) mass is 267 g/mol. The van der Waals surface area contributed by atoms with E-state index in [0.717, 1.165) is 19.0 Å². The summed E-state index contributed by atoms with van der Waals surface area (Å²) in [5.41, 5.74) is 2.89. The Morgan fingerprint density at radius 2 is 1.90 bits per heavy atom. The van der Waals surface area contributed by atoms with Crippen molar-refractivity contribution in [3.05, 3.63) is 72.4 Å². The lowest BCUT2D eigenvalue weighted by atomic mass is 9.76. The van der Waals surface area contributed by atoms with Crippen LogP contribution in [0.25, 0.3) is 0 Å². The third-order valence-corrected chi connectivity index (χ3v) is 4.11. The molecule has 0 aromatic heterocycles. The van der Waals surface area contributed by atoms with Gasteiger partial charge in [-0.15, -0.1) is 0 Å². The molecule has 1 nitrogen and oxygen atoms in total. The summed E-state index contributed by atoms with van der Waals surface area (Å²) in [5, 5.41) is 3.47. The minimum Gasteiger partial charge on any atom is -0.317 e. The second-order valence-electron chi connectivity index (χ2n) is 5.51. The van der Waals surface area contributed by atoms with Crippen molar-refractivity contribution in [3.63, 3.8) is 0 Å². The van der Waals surface area contributed by atoms with Gasteiger partial charge in [0.25, 0.3) is 0 Å². The predicted molar refractivity (Wildman–Crippen MR) is 87.9 cm³/mol. The van der Waals surface area contributed by atoms with Gasteiger partial charge < -0.3 is 5.32 Å². The number of allylic oxidation sites excluding steroid dienone is 5. The lowest BCUT2D eigenvalue weighted by Crippen LogP contribution is -2.31. The molecule has 1 saturated heterocycles. The molecule has 1 aliphatic heterocycles. The molecule has 0 bridgehead atoms. The molecular weight excluding hydrogens is 242 g/mol. The zero-order chi connectivity index (χ0) is 14.2. The van der Waals surface area contributed by atoms with Crippen molar-refractivity contribution in [2.75, 3.05) is 13.1 Å². The van der Waals surface area contributed by atoms with Gasteiger partial charge in [-0.2, -0.15) is 0 Å². The van der Waals surface area contributed by atoms with E-state index in [-0.39, 0.29) is 0 Å². The summed E-state index contributed by atoms with van der Waals surface area (Å²) in [7, 11) is 0. The Balaban J connectivity index is 2.25. The van der Waals surface area contributed by atoms with Crippen molar-refractivity contribution in [1.29, 1.82) is 0 Å². The Bertz CT molecular complexity index is 464. The van der Waals surface area contributed by atoms with E-state index in [1.54, 1.807) is 0 Å². The van der Waals surface area contributed by atoms with Gasteiger partial charge in [0.05, 0.1) is 0 Å². The second kappa shape index (κ2) is 7.86. The topological polar surface area (TPSA) is 12.0 Å². The first-order valence-corrected chi connectivity index (χ1v) is 7.54. The molecule has 0 aliphatic carbocycles. The summed E-state index contributed by atoms with van der Waals surface area (Å²) in [5.74, 6) is 1.28. The van der Waals surface area contributed by atoms with E-state index in [2.05, 4.69) is 61.3 Å². The fraction of sp³-hybridized carbons (Fsp3) is 0.368. The summed E-state index contributed by atoms with van der Waals surface area (Å²) in [4.78, 5) is 0. The average molecular weight is 267 g/mol. The molecule has 2 rings (SSSR count). The van der Waals surface area contributed by atoms with Crippen LogP contribution in [-0.4, -0.2) is 13.1 Å². The largest absolute Gasteiger partial charge is 0.317 e. The van der Waals surface area contributed by atoms with Crippen molar-refractivity contribution in [2.45, 2.75) is 25.7 Å². The molecule has 1 atom stereocenters. The maximum atomic E-state index is 3.73. The van der Waals surface area contributed by atoms with Crippen LogP contribution in [0.3, 0.4) is 0 Å². The molecule has 1 unspecified atom stereocenters. The van der Waals surface area contributed by atoms with Gasteiger partial charge in [0.1, 0.15) is 0 Å². The summed E-state index contributed by atoms with van der Waals surface area (Å²) < 4.78 is 0. The predicted octanol–water partition coefficient (Wildman–Crippen LogP) is 4.46. The van der Waals surface area contributed by atoms with E-state index in [0.29, 0.717) is 5.92 Å². The smallest absolute Gasteiger partial charge is 0.00777 e. The lowest BCUT2D eigenvalue weighted by molar-refractivity contribution is 0.339. The Kier molecular flexibility index (Phi) is 5.82. The number of nitrogens with one attached hydrogen (secondary N) is 1. The van der Waals surface area contributed by atoms with Crippen LogP contribution < -0.4 is 5.32 Å². The van der Waals surface area contributed by atoms with E-state index < -0.39 is 0 Å². The molecule has 0 spiro atoms. The highest BCUT2D eigenvalue weighted by molar-refractivity contribution is 5.31. The minimum atomic E-state index is 0.535. The average Bonchev–Trinajstić information content (AvgIpc) is 2.50. The van der Waals surface area contributed by atoms with Crippen molar-refractivity contribution in [1.82, 2.24) is 5.32 Å². The number of benzene rings is 1. The van der Waals surface area contributed by atoms with Gasteiger partial charge in [-0.3, -0.25) is 0 Å². The van der Waals surface area contributed by atoms with E-state index in [4.69, 9.17) is 0 Å². The Hall–Kier alpha value is -1.60. The zero-order valence-corrected chi connectivity index (χ0v) is 12.4. The fourth-order valence-electron chi connectivity index (χ4n) is 3.13. The van der Waals surface area contributed by atoms with Crippen molar-refractivity contribution in [3.8, 4) is 0 Å². The molecule has 1 heterocycles. The fourth-order valence-corrected chi connectivity index (χ4v) is 3.13. The van der Waals surface area contributed by atoms with Gasteiger partial charge in [-0.25, -0.2) is 0 Å². The van der Waals surface area contributed by atoms with Gasteiger partial charge in [0.2, 0.25) is 0 Å². The molecule has 1 N–H and O–H groups in total. The molecule has 1 heteroatoms. The molecule has 1 aromatic carbocycles. The third kappa shape index (κ3) is 3.94. The Labute approximate surface area is 123 Å². The van der Waals surface area contributed by atoms with Gasteiger partial charge in [-0.05, 0) is 44.3 Å². The molecule has 0 radical (unpaired) electrons. The molecular formula is C19H25N. The van der Waals surface area contributed by atoms with Gasteiger partial charge in [0, 0.05) is 5.92 Å². The maximum absolute atomic E-state index is 3.73. The lowest BCUT2D eigenvalue weighted by Gasteiger charge is -2.32. The van der Waals surface area contributed by atoms with Crippen LogP contribution in [0.5, 0.6) is 0 Å². The number of piperidine rings is 1. The van der Waals surface area contributed by atoms with E-state index in [1.807, 2.05) is 12.2 Å². The quantitative estimate of drug-likeness (QED) is 0.777. The first kappa shape index (κ1) is 14.8. The van der Waals surface area contributed by atoms with E-state index >= 15 is 0 Å². The molecule has 0 saturated carbocycles. The van der Waals surface area contributed by atoms with Gasteiger partial charge in [-0.1, -0.05) is 66.8 Å². The van der Waals surface area contributed by atoms with Crippen LogP contribution in [-0.2, 0) is 0 Å². The van der Waals surface area contributed by atoms with Crippen LogP contribution in [0.1, 0.15) is 31.2 Å². The summed E-state index contributed by atoms with van der Waals surface area (Å²) in [6.07, 6.45) is 10.7. The van der Waals surface area contributed by atoms with Crippen LogP contribution in [0.2, 0.25) is 0 Å². The maximum Gasteiger partial charge on any atom is 0.00777 e. The highest BCUT2D eigenvalue weighted by Gasteiger charge is 2.25. The van der Waals surface area contributed by atoms with Crippen molar-refractivity contribution in [2.24, 2.45) is 5.92 Å². The molecule has 106 valence electrons. The van der Waals surface area contributed by atoms with Crippen LogP contribution >= 0.6 is 0 Å². The third-order valence-electron chi connectivity index (χ3n) is 4.11. The summed E-state index contributed by atoms with van der Waals surface area (Å²) >= 11 is 0. The first-order chi connectivity index (χ1) is 9.83. The SMILES string of the molecule is C=CC=CC=C(C)C(c1ccccc1)C1CCNCC1. The summed E-state index contributed by atoms with van der Waals surface area (Å²) in [6, 6.07) is 10.9. The van der Waals surface area contributed by atoms with Gasteiger partial charge in [0.15, 0.2) is 0 Å².